The zero-order valence-electron chi connectivity index (χ0n) is 14.2. The van der Waals surface area contributed by atoms with Gasteiger partial charge in [0.15, 0.2) is 0 Å². The third-order valence-electron chi connectivity index (χ3n) is 3.51. The van der Waals surface area contributed by atoms with Crippen LogP contribution in [0.4, 0.5) is 10.5 Å². The van der Waals surface area contributed by atoms with E-state index in [-0.39, 0.29) is 17.7 Å². The number of benzene rings is 1. The van der Waals surface area contributed by atoms with Crippen LogP contribution in [0.2, 0.25) is 0 Å². The number of carbonyl (C=O) groups is 1. The highest BCUT2D eigenvalue weighted by atomic mass is 16.6. The molecule has 0 radical (unpaired) electrons. The Labute approximate surface area is 141 Å². The molecule has 1 heterocycles. The summed E-state index contributed by atoms with van der Waals surface area (Å²) in [6, 6.07) is 4.39. The van der Waals surface area contributed by atoms with Crippen LogP contribution in [-0.4, -0.2) is 41.2 Å². The van der Waals surface area contributed by atoms with Crippen molar-refractivity contribution in [2.24, 2.45) is 5.92 Å². The average Bonchev–Trinajstić information content (AvgIpc) is 2.43. The quantitative estimate of drug-likeness (QED) is 0.608. The van der Waals surface area contributed by atoms with E-state index in [1.54, 1.807) is 11.0 Å². The standard InChI is InChI=1S/C17H22N2O5/c1-5-13-8-14(19(21)22)6-7-15(13)23-11-12-9-18(10-12)16(20)24-17(2,3)4/h5-8,12H,1,9-11H2,2-4H3. The molecule has 0 spiro atoms. The van der Waals surface area contributed by atoms with E-state index in [0.717, 1.165) is 0 Å². The Hall–Kier alpha value is -2.57. The fourth-order valence-electron chi connectivity index (χ4n) is 2.30. The van der Waals surface area contributed by atoms with Gasteiger partial charge in [0.05, 0.1) is 11.5 Å². The van der Waals surface area contributed by atoms with E-state index < -0.39 is 10.5 Å². The Kier molecular flexibility index (Phi) is 5.11. The van der Waals surface area contributed by atoms with Crippen LogP contribution in [-0.2, 0) is 4.74 Å². The van der Waals surface area contributed by atoms with Crippen LogP contribution in [0.15, 0.2) is 24.8 Å². The fourth-order valence-corrected chi connectivity index (χ4v) is 2.30. The molecule has 1 saturated heterocycles. The molecule has 0 atom stereocenters. The predicted molar refractivity (Wildman–Crippen MR) is 90.0 cm³/mol. The van der Waals surface area contributed by atoms with Gasteiger partial charge in [-0.15, -0.1) is 0 Å². The van der Waals surface area contributed by atoms with Crippen LogP contribution in [0.25, 0.3) is 6.08 Å². The molecule has 0 aromatic heterocycles. The molecule has 7 heteroatoms. The molecule has 1 aromatic carbocycles. The average molecular weight is 334 g/mol. The molecule has 0 aliphatic carbocycles. The van der Waals surface area contributed by atoms with Gasteiger partial charge in [0.1, 0.15) is 11.4 Å². The Morgan fingerprint density at radius 2 is 2.12 bits per heavy atom. The summed E-state index contributed by atoms with van der Waals surface area (Å²) in [5.41, 5.74) is 0.0699. The summed E-state index contributed by atoms with van der Waals surface area (Å²) in [5, 5.41) is 10.8. The van der Waals surface area contributed by atoms with E-state index in [9.17, 15) is 14.9 Å². The van der Waals surface area contributed by atoms with Gasteiger partial charge in [-0.25, -0.2) is 4.79 Å². The van der Waals surface area contributed by atoms with Crippen molar-refractivity contribution in [1.82, 2.24) is 4.90 Å². The highest BCUT2D eigenvalue weighted by Gasteiger charge is 2.34. The van der Waals surface area contributed by atoms with Crippen LogP contribution in [0.3, 0.4) is 0 Å². The third-order valence-corrected chi connectivity index (χ3v) is 3.51. The van der Waals surface area contributed by atoms with E-state index in [1.165, 1.54) is 18.2 Å². The normalized spacial score (nSPS) is 14.7. The second-order valence-corrected chi connectivity index (χ2v) is 6.75. The zero-order chi connectivity index (χ0) is 17.9. The second kappa shape index (κ2) is 6.90. The number of likely N-dealkylation sites (tertiary alicyclic amines) is 1. The zero-order valence-corrected chi connectivity index (χ0v) is 14.2. The maximum atomic E-state index is 11.8. The van der Waals surface area contributed by atoms with Crippen LogP contribution in [0, 0.1) is 16.0 Å². The second-order valence-electron chi connectivity index (χ2n) is 6.75. The molecule has 1 aliphatic heterocycles. The maximum Gasteiger partial charge on any atom is 0.410 e. The van der Waals surface area contributed by atoms with Crippen molar-refractivity contribution in [3.05, 3.63) is 40.5 Å². The molecule has 7 nitrogen and oxygen atoms in total. The number of hydrogen-bond acceptors (Lipinski definition) is 5. The molecule has 1 amide bonds. The largest absolute Gasteiger partial charge is 0.493 e. The van der Waals surface area contributed by atoms with Crippen LogP contribution < -0.4 is 4.74 Å². The monoisotopic (exact) mass is 334 g/mol. The molecule has 24 heavy (non-hydrogen) atoms. The number of hydrogen-bond donors (Lipinski definition) is 0. The molecule has 0 unspecified atom stereocenters. The molecular weight excluding hydrogens is 312 g/mol. The lowest BCUT2D eigenvalue weighted by atomic mass is 10.0. The lowest BCUT2D eigenvalue weighted by Gasteiger charge is -2.39. The molecule has 1 fully saturated rings. The van der Waals surface area contributed by atoms with Gasteiger partial charge < -0.3 is 14.4 Å². The number of carbonyl (C=O) groups excluding carboxylic acids is 1. The number of non-ortho nitro benzene ring substituents is 1. The van der Waals surface area contributed by atoms with Gasteiger partial charge in [-0.3, -0.25) is 10.1 Å². The predicted octanol–water partition coefficient (Wildman–Crippen LogP) is 3.48. The smallest absolute Gasteiger partial charge is 0.410 e. The number of amides is 1. The first-order valence-electron chi connectivity index (χ1n) is 7.71. The van der Waals surface area contributed by atoms with Crippen molar-refractivity contribution >= 4 is 17.9 Å². The van der Waals surface area contributed by atoms with Gasteiger partial charge in [0.2, 0.25) is 0 Å². The lowest BCUT2D eigenvalue weighted by Crippen LogP contribution is -2.53. The summed E-state index contributed by atoms with van der Waals surface area (Å²) < 4.78 is 11.0. The highest BCUT2D eigenvalue weighted by Crippen LogP contribution is 2.27. The maximum absolute atomic E-state index is 11.8. The van der Waals surface area contributed by atoms with Gasteiger partial charge in [0, 0.05) is 36.7 Å². The first kappa shape index (κ1) is 17.8. The molecular formula is C17H22N2O5. The Balaban J connectivity index is 1.85. The molecule has 1 aromatic rings. The van der Waals surface area contributed by atoms with Crippen molar-refractivity contribution < 1.29 is 19.2 Å². The summed E-state index contributed by atoms with van der Waals surface area (Å²) in [6.45, 7) is 10.7. The third kappa shape index (κ3) is 4.47. The number of ether oxygens (including phenoxy) is 2. The number of nitro benzene ring substituents is 1. The van der Waals surface area contributed by atoms with Crippen LogP contribution in [0.5, 0.6) is 5.75 Å². The minimum absolute atomic E-state index is 0.00278. The van der Waals surface area contributed by atoms with Crippen LogP contribution >= 0.6 is 0 Å². The minimum Gasteiger partial charge on any atom is -0.493 e. The SMILES string of the molecule is C=Cc1cc([N+](=O)[O-])ccc1OCC1CN(C(=O)OC(C)(C)C)C1. The number of rotatable bonds is 5. The molecule has 0 bridgehead atoms. The Morgan fingerprint density at radius 1 is 1.46 bits per heavy atom. The first-order valence-corrected chi connectivity index (χ1v) is 7.71. The topological polar surface area (TPSA) is 81.9 Å². The van der Waals surface area contributed by atoms with E-state index >= 15 is 0 Å². The summed E-state index contributed by atoms with van der Waals surface area (Å²) >= 11 is 0. The van der Waals surface area contributed by atoms with Gasteiger partial charge in [-0.2, -0.15) is 0 Å². The van der Waals surface area contributed by atoms with E-state index in [4.69, 9.17) is 9.47 Å². The summed E-state index contributed by atoms with van der Waals surface area (Å²) in [4.78, 5) is 23.8. The van der Waals surface area contributed by atoms with Gasteiger partial charge >= 0.3 is 6.09 Å². The van der Waals surface area contributed by atoms with Gasteiger partial charge in [-0.1, -0.05) is 12.7 Å². The molecule has 0 N–H and O–H groups in total. The summed E-state index contributed by atoms with van der Waals surface area (Å²) in [5.74, 6) is 0.761. The highest BCUT2D eigenvalue weighted by molar-refractivity contribution is 5.69. The molecule has 130 valence electrons. The number of nitro groups is 1. The Bertz CT molecular complexity index is 645. The molecule has 1 aliphatic rings. The van der Waals surface area contributed by atoms with Crippen molar-refractivity contribution in [3.8, 4) is 5.75 Å². The Morgan fingerprint density at radius 3 is 2.67 bits per heavy atom. The molecule has 0 saturated carbocycles. The van der Waals surface area contributed by atoms with Crippen molar-refractivity contribution in [2.45, 2.75) is 26.4 Å². The van der Waals surface area contributed by atoms with Gasteiger partial charge in [-0.05, 0) is 26.8 Å². The van der Waals surface area contributed by atoms with Crippen molar-refractivity contribution in [1.29, 1.82) is 0 Å². The summed E-state index contributed by atoms with van der Waals surface area (Å²) in [6.07, 6.45) is 1.21. The van der Waals surface area contributed by atoms with Crippen LogP contribution in [0.1, 0.15) is 26.3 Å². The van der Waals surface area contributed by atoms with E-state index in [0.29, 0.717) is 31.0 Å². The lowest BCUT2D eigenvalue weighted by molar-refractivity contribution is -0.384. The molecule has 2 rings (SSSR count). The van der Waals surface area contributed by atoms with Crippen molar-refractivity contribution in [3.63, 3.8) is 0 Å². The summed E-state index contributed by atoms with van der Waals surface area (Å²) in [7, 11) is 0. The minimum atomic E-state index is -0.504. The van der Waals surface area contributed by atoms with Crippen molar-refractivity contribution in [2.75, 3.05) is 19.7 Å². The van der Waals surface area contributed by atoms with E-state index in [1.807, 2.05) is 20.8 Å². The first-order chi connectivity index (χ1) is 11.2. The number of nitrogens with zero attached hydrogens (tertiary/aromatic N) is 2. The fraction of sp³-hybridized carbons (Fsp3) is 0.471. The van der Waals surface area contributed by atoms with E-state index in [2.05, 4.69) is 6.58 Å². The van der Waals surface area contributed by atoms with Gasteiger partial charge in [0.25, 0.3) is 5.69 Å².